The van der Waals surface area contributed by atoms with E-state index in [1.807, 2.05) is 11.8 Å². The van der Waals surface area contributed by atoms with Crippen LogP contribution in [0.15, 0.2) is 41.4 Å². The molecule has 1 aliphatic heterocycles. The molecule has 134 valence electrons. The second-order valence-corrected chi connectivity index (χ2v) is 8.01. The van der Waals surface area contributed by atoms with Crippen LogP contribution < -0.4 is 0 Å². The zero-order valence-corrected chi connectivity index (χ0v) is 16.3. The standard InChI is InChI=1S/C22H23NO2S/c1-4-25-21(24)17-11-12-18(23-15-17)9-5-7-16-8-6-10-19-20(16)26-14-13-22(19,2)3/h6,8,10-12,15H,4,7,13-14H2,1-3H3. The van der Waals surface area contributed by atoms with Gasteiger partial charge < -0.3 is 4.74 Å². The average molecular weight is 365 g/mol. The topological polar surface area (TPSA) is 39.2 Å². The lowest BCUT2D eigenvalue weighted by Gasteiger charge is -2.33. The Kier molecular flexibility index (Phi) is 5.68. The number of rotatable bonds is 3. The van der Waals surface area contributed by atoms with Gasteiger partial charge in [0.15, 0.2) is 0 Å². The van der Waals surface area contributed by atoms with E-state index >= 15 is 0 Å². The third-order valence-corrected chi connectivity index (χ3v) is 5.75. The minimum Gasteiger partial charge on any atom is -0.462 e. The molecule has 1 aromatic heterocycles. The first-order chi connectivity index (χ1) is 12.5. The lowest BCUT2D eigenvalue weighted by Crippen LogP contribution is -2.23. The van der Waals surface area contributed by atoms with Crippen molar-refractivity contribution in [3.05, 3.63) is 58.9 Å². The highest BCUT2D eigenvalue weighted by Crippen LogP contribution is 2.43. The molecule has 0 atom stereocenters. The van der Waals surface area contributed by atoms with Gasteiger partial charge in [0.2, 0.25) is 0 Å². The van der Waals surface area contributed by atoms with E-state index in [0.717, 1.165) is 5.75 Å². The molecule has 0 radical (unpaired) electrons. The van der Waals surface area contributed by atoms with Crippen molar-refractivity contribution in [1.82, 2.24) is 4.98 Å². The van der Waals surface area contributed by atoms with Gasteiger partial charge in [-0.05, 0) is 53.7 Å². The first-order valence-electron chi connectivity index (χ1n) is 8.88. The minimum atomic E-state index is -0.352. The Hall–Kier alpha value is -2.25. The summed E-state index contributed by atoms with van der Waals surface area (Å²) in [7, 11) is 0. The van der Waals surface area contributed by atoms with Gasteiger partial charge in [0.05, 0.1) is 12.2 Å². The van der Waals surface area contributed by atoms with Crippen molar-refractivity contribution in [1.29, 1.82) is 0 Å². The summed E-state index contributed by atoms with van der Waals surface area (Å²) in [6, 6.07) is 10.0. The molecular weight excluding hydrogens is 342 g/mol. The number of pyridine rings is 1. The van der Waals surface area contributed by atoms with Crippen LogP contribution in [0.3, 0.4) is 0 Å². The van der Waals surface area contributed by atoms with Gasteiger partial charge in [0.25, 0.3) is 0 Å². The summed E-state index contributed by atoms with van der Waals surface area (Å²) in [6.07, 6.45) is 3.43. The van der Waals surface area contributed by atoms with Crippen molar-refractivity contribution in [3.8, 4) is 11.8 Å². The van der Waals surface area contributed by atoms with E-state index < -0.39 is 0 Å². The molecule has 0 saturated heterocycles. The lowest BCUT2D eigenvalue weighted by molar-refractivity contribution is 0.0526. The van der Waals surface area contributed by atoms with Crippen LogP contribution in [-0.2, 0) is 16.6 Å². The smallest absolute Gasteiger partial charge is 0.339 e. The molecule has 3 rings (SSSR count). The maximum atomic E-state index is 11.6. The molecule has 1 aromatic carbocycles. The van der Waals surface area contributed by atoms with Crippen molar-refractivity contribution < 1.29 is 9.53 Å². The SMILES string of the molecule is CCOC(=O)c1ccc(C#CCc2cccc3c2SCCC3(C)C)nc1. The first-order valence-corrected chi connectivity index (χ1v) is 9.87. The van der Waals surface area contributed by atoms with Crippen LogP contribution in [0.2, 0.25) is 0 Å². The van der Waals surface area contributed by atoms with E-state index in [2.05, 4.69) is 48.9 Å². The molecule has 3 nitrogen and oxygen atoms in total. The maximum Gasteiger partial charge on any atom is 0.339 e. The Labute approximate surface area is 159 Å². The molecular formula is C22H23NO2S. The van der Waals surface area contributed by atoms with Crippen molar-refractivity contribution in [2.45, 2.75) is 43.9 Å². The van der Waals surface area contributed by atoms with Gasteiger partial charge in [0.1, 0.15) is 5.69 Å². The largest absolute Gasteiger partial charge is 0.462 e. The lowest BCUT2D eigenvalue weighted by atomic mass is 9.81. The normalized spacial score (nSPS) is 14.7. The minimum absolute atomic E-state index is 0.231. The van der Waals surface area contributed by atoms with Gasteiger partial charge in [-0.25, -0.2) is 9.78 Å². The number of carbonyl (C=O) groups excluding carboxylic acids is 1. The number of nitrogens with zero attached hydrogens (tertiary/aromatic N) is 1. The molecule has 26 heavy (non-hydrogen) atoms. The Bertz CT molecular complexity index is 860. The number of hydrogen-bond donors (Lipinski definition) is 0. The third kappa shape index (κ3) is 4.11. The number of fused-ring (bicyclic) bond motifs is 1. The van der Waals surface area contributed by atoms with Crippen LogP contribution in [-0.4, -0.2) is 23.3 Å². The third-order valence-electron chi connectivity index (χ3n) is 4.57. The highest BCUT2D eigenvalue weighted by atomic mass is 32.2. The molecule has 0 unspecified atom stereocenters. The Morgan fingerprint density at radius 2 is 2.15 bits per heavy atom. The summed E-state index contributed by atoms with van der Waals surface area (Å²) < 4.78 is 4.96. The molecule has 0 bridgehead atoms. The van der Waals surface area contributed by atoms with E-state index in [0.29, 0.717) is 24.3 Å². The fraction of sp³-hybridized carbons (Fsp3) is 0.364. The van der Waals surface area contributed by atoms with E-state index in [4.69, 9.17) is 4.74 Å². The average Bonchev–Trinajstić information content (AvgIpc) is 2.63. The van der Waals surface area contributed by atoms with Crippen molar-refractivity contribution >= 4 is 17.7 Å². The zero-order valence-electron chi connectivity index (χ0n) is 15.5. The van der Waals surface area contributed by atoms with Crippen LogP contribution in [0.25, 0.3) is 0 Å². The number of thioether (sulfide) groups is 1. The zero-order chi connectivity index (χ0) is 18.6. The molecule has 0 fully saturated rings. The highest BCUT2D eigenvalue weighted by Gasteiger charge is 2.28. The molecule has 1 aliphatic rings. The van der Waals surface area contributed by atoms with E-state index in [1.54, 1.807) is 19.1 Å². The molecule has 4 heteroatoms. The van der Waals surface area contributed by atoms with E-state index in [1.165, 1.54) is 28.6 Å². The maximum absolute atomic E-state index is 11.6. The number of ether oxygens (including phenoxy) is 1. The van der Waals surface area contributed by atoms with Crippen molar-refractivity contribution in [2.24, 2.45) is 0 Å². The predicted octanol–water partition coefficient (Wildman–Crippen LogP) is 4.63. The molecule has 2 aromatic rings. The second kappa shape index (κ2) is 7.97. The van der Waals surface area contributed by atoms with Crippen LogP contribution in [0.4, 0.5) is 0 Å². The van der Waals surface area contributed by atoms with Crippen LogP contribution in [0.1, 0.15) is 54.4 Å². The van der Waals surface area contributed by atoms with Crippen LogP contribution in [0.5, 0.6) is 0 Å². The Morgan fingerprint density at radius 1 is 1.31 bits per heavy atom. The van der Waals surface area contributed by atoms with Gasteiger partial charge in [-0.15, -0.1) is 11.8 Å². The highest BCUT2D eigenvalue weighted by molar-refractivity contribution is 7.99. The predicted molar refractivity (Wildman–Crippen MR) is 106 cm³/mol. The van der Waals surface area contributed by atoms with Gasteiger partial charge in [0, 0.05) is 17.5 Å². The molecule has 0 aliphatic carbocycles. The monoisotopic (exact) mass is 365 g/mol. The summed E-state index contributed by atoms with van der Waals surface area (Å²) in [5.41, 5.74) is 4.07. The van der Waals surface area contributed by atoms with Crippen molar-refractivity contribution in [2.75, 3.05) is 12.4 Å². The first kappa shape index (κ1) is 18.5. The number of aromatic nitrogens is 1. The summed E-state index contributed by atoms with van der Waals surface area (Å²) in [5, 5.41) is 0. The number of esters is 1. The van der Waals surface area contributed by atoms with Crippen molar-refractivity contribution in [3.63, 3.8) is 0 Å². The van der Waals surface area contributed by atoms with Gasteiger partial charge in [-0.1, -0.05) is 38.0 Å². The summed E-state index contributed by atoms with van der Waals surface area (Å²) >= 11 is 1.94. The molecule has 2 heterocycles. The Morgan fingerprint density at radius 3 is 2.88 bits per heavy atom. The van der Waals surface area contributed by atoms with Gasteiger partial charge in [-0.2, -0.15) is 0 Å². The van der Waals surface area contributed by atoms with Crippen LogP contribution >= 0.6 is 11.8 Å². The van der Waals surface area contributed by atoms with E-state index in [-0.39, 0.29) is 11.4 Å². The number of hydrogen-bond acceptors (Lipinski definition) is 4. The molecule has 0 amide bonds. The second-order valence-electron chi connectivity index (χ2n) is 6.91. The molecule has 0 N–H and O–H groups in total. The van der Waals surface area contributed by atoms with E-state index in [9.17, 15) is 4.79 Å². The fourth-order valence-corrected chi connectivity index (χ4v) is 4.65. The van der Waals surface area contributed by atoms with Gasteiger partial charge in [-0.3, -0.25) is 0 Å². The summed E-state index contributed by atoms with van der Waals surface area (Å²) in [5.74, 6) is 7.13. The summed E-state index contributed by atoms with van der Waals surface area (Å²) in [4.78, 5) is 17.3. The summed E-state index contributed by atoms with van der Waals surface area (Å²) in [6.45, 7) is 6.77. The Balaban J connectivity index is 1.74. The number of benzene rings is 1. The molecule has 0 saturated carbocycles. The molecule has 0 spiro atoms. The fourth-order valence-electron chi connectivity index (χ4n) is 3.00. The number of carbonyl (C=O) groups is 1. The quantitative estimate of drug-likeness (QED) is 0.587. The van der Waals surface area contributed by atoms with Gasteiger partial charge >= 0.3 is 5.97 Å². The van der Waals surface area contributed by atoms with Crippen LogP contribution in [0, 0.1) is 11.8 Å².